The zero-order valence-corrected chi connectivity index (χ0v) is 15.0. The molecule has 20 heavy (non-hydrogen) atoms. The first-order chi connectivity index (χ1) is 9.26. The topological polar surface area (TPSA) is 74.3 Å². The number of carbonyl (C=O) groups is 1. The van der Waals surface area contributed by atoms with E-state index in [2.05, 4.69) is 0 Å². The van der Waals surface area contributed by atoms with Crippen LogP contribution in [0.5, 0.6) is 0 Å². The van der Waals surface area contributed by atoms with Gasteiger partial charge in [0.1, 0.15) is 11.5 Å². The van der Waals surface area contributed by atoms with Gasteiger partial charge in [-0.15, -0.1) is 0 Å². The minimum atomic E-state index is -3.94. The molecule has 0 aromatic carbocycles. The average molecular weight is 343 g/mol. The molecule has 1 aliphatic heterocycles. The van der Waals surface area contributed by atoms with E-state index in [1.54, 1.807) is 0 Å². The van der Waals surface area contributed by atoms with E-state index in [1.807, 2.05) is 32.5 Å². The fraction of sp³-hybridized carbons (Fsp3) is 0.923. The molecule has 0 aromatic heterocycles. The monoisotopic (exact) mass is 342 g/mol. The number of carbonyl (C=O) groups excluding carboxylic acids is 1. The van der Waals surface area contributed by atoms with Crippen LogP contribution in [0, 0.1) is 5.92 Å². The zero-order valence-electron chi connectivity index (χ0n) is 12.6. The Morgan fingerprint density at radius 3 is 2.20 bits per heavy atom. The molecular weight excluding hydrogens is 316 g/mol. The smallest absolute Gasteiger partial charge is 0.184 e. The number of hydrogen-bond donors (Lipinski definition) is 0. The van der Waals surface area contributed by atoms with Crippen LogP contribution >= 0.6 is 11.8 Å². The summed E-state index contributed by atoms with van der Waals surface area (Å²) in [5.41, 5.74) is 0. The van der Waals surface area contributed by atoms with E-state index >= 15 is 0 Å². The van der Waals surface area contributed by atoms with Crippen molar-refractivity contribution in [2.24, 2.45) is 5.92 Å². The molecule has 1 heterocycles. The number of hydrogen-bond acceptors (Lipinski definition) is 5. The van der Waals surface area contributed by atoms with Gasteiger partial charge in [0, 0.05) is 23.2 Å². The highest BCUT2D eigenvalue weighted by Crippen LogP contribution is 2.14. The van der Waals surface area contributed by atoms with Crippen LogP contribution in [0.3, 0.4) is 0 Å². The van der Waals surface area contributed by atoms with Crippen molar-refractivity contribution in [2.75, 3.05) is 34.5 Å². The molecule has 0 saturated carbocycles. The fourth-order valence-corrected chi connectivity index (χ4v) is 6.29. The Labute approximate surface area is 130 Å². The second kappa shape index (κ2) is 10.9. The van der Waals surface area contributed by atoms with E-state index in [4.69, 9.17) is 0 Å². The maximum Gasteiger partial charge on any atom is 0.184 e. The molecule has 0 radical (unpaired) electrons. The zero-order chi connectivity index (χ0) is 15.6. The van der Waals surface area contributed by atoms with Gasteiger partial charge in [0.25, 0.3) is 0 Å². The van der Waals surface area contributed by atoms with Crippen LogP contribution in [-0.4, -0.2) is 53.3 Å². The summed E-state index contributed by atoms with van der Waals surface area (Å²) in [6.07, 6.45) is 1.23. The molecule has 7 heteroatoms. The molecule has 120 valence electrons. The van der Waals surface area contributed by atoms with Crippen molar-refractivity contribution in [2.45, 2.75) is 33.6 Å². The Morgan fingerprint density at radius 1 is 1.30 bits per heavy atom. The van der Waals surface area contributed by atoms with E-state index in [-0.39, 0.29) is 11.7 Å². The maximum atomic E-state index is 11.4. The summed E-state index contributed by atoms with van der Waals surface area (Å²) < 4.78 is 29.5. The minimum absolute atomic E-state index is 0.219. The summed E-state index contributed by atoms with van der Waals surface area (Å²) >= 11 is 2.03. The predicted molar refractivity (Wildman–Crippen MR) is 88.6 cm³/mol. The van der Waals surface area contributed by atoms with Gasteiger partial charge in [-0.25, -0.2) is 8.42 Å². The molecule has 1 aliphatic rings. The molecule has 1 fully saturated rings. The molecule has 0 atom stereocenters. The van der Waals surface area contributed by atoms with Gasteiger partial charge >= 0.3 is 0 Å². The van der Waals surface area contributed by atoms with Gasteiger partial charge in [-0.1, -0.05) is 27.2 Å². The van der Waals surface area contributed by atoms with Gasteiger partial charge < -0.3 is 4.55 Å². The van der Waals surface area contributed by atoms with Crippen LogP contribution in [0.15, 0.2) is 0 Å². The number of ketones is 1. The van der Waals surface area contributed by atoms with Crippen LogP contribution in [0.25, 0.3) is 0 Å². The SMILES string of the molecule is CC(C)C(=O)C[S+]1CCSCC1.CCCCS(=O)(=O)[O-]. The Bertz CT molecular complexity index is 360. The fourth-order valence-electron chi connectivity index (χ4n) is 1.39. The number of rotatable bonds is 6. The molecule has 0 N–H and O–H groups in total. The highest BCUT2D eigenvalue weighted by Gasteiger charge is 2.26. The summed E-state index contributed by atoms with van der Waals surface area (Å²) in [6, 6.07) is 0. The average Bonchev–Trinajstić information content (AvgIpc) is 2.37. The second-order valence-electron chi connectivity index (χ2n) is 5.01. The molecule has 0 aromatic rings. The van der Waals surface area contributed by atoms with E-state index in [0.29, 0.717) is 23.1 Å². The maximum absolute atomic E-state index is 11.4. The van der Waals surface area contributed by atoms with Gasteiger partial charge in [-0.3, -0.25) is 4.79 Å². The van der Waals surface area contributed by atoms with Crippen molar-refractivity contribution in [3.63, 3.8) is 0 Å². The molecule has 0 spiro atoms. The highest BCUT2D eigenvalue weighted by molar-refractivity contribution is 8.05. The number of thioether (sulfide) groups is 1. The van der Waals surface area contributed by atoms with Crippen molar-refractivity contribution in [1.82, 2.24) is 0 Å². The molecule has 1 saturated heterocycles. The van der Waals surface area contributed by atoms with Gasteiger partial charge in [-0.05, 0) is 17.3 Å². The van der Waals surface area contributed by atoms with Crippen LogP contribution in [0.4, 0.5) is 0 Å². The lowest BCUT2D eigenvalue weighted by Gasteiger charge is -2.13. The minimum Gasteiger partial charge on any atom is -0.748 e. The summed E-state index contributed by atoms with van der Waals surface area (Å²) in [5, 5.41) is 0. The van der Waals surface area contributed by atoms with Crippen molar-refractivity contribution in [3.8, 4) is 0 Å². The van der Waals surface area contributed by atoms with Crippen LogP contribution < -0.4 is 0 Å². The van der Waals surface area contributed by atoms with Gasteiger partial charge in [0.15, 0.2) is 11.5 Å². The van der Waals surface area contributed by atoms with Crippen LogP contribution in [0.1, 0.15) is 33.6 Å². The van der Waals surface area contributed by atoms with Crippen LogP contribution in [-0.2, 0) is 25.8 Å². The molecule has 4 nitrogen and oxygen atoms in total. The standard InChI is InChI=1S/C9H17OS2.C4H10O3S/c1-8(2)9(10)7-12-5-3-11-4-6-12;1-2-3-4-8(5,6)7/h8H,3-7H2,1-2H3;2-4H2,1H3,(H,5,6,7)/q+1;/p-1. The Balaban J connectivity index is 0.000000396. The molecule has 0 aliphatic carbocycles. The highest BCUT2D eigenvalue weighted by atomic mass is 32.2. The van der Waals surface area contributed by atoms with Gasteiger partial charge in [0.05, 0.1) is 10.1 Å². The summed E-state index contributed by atoms with van der Waals surface area (Å²) in [5.74, 6) is 6.45. The second-order valence-corrected chi connectivity index (χ2v) is 10.1. The third-order valence-corrected chi connectivity index (χ3v) is 7.32. The molecule has 0 bridgehead atoms. The molecule has 0 unspecified atom stereocenters. The van der Waals surface area contributed by atoms with Crippen LogP contribution in [0.2, 0.25) is 0 Å². The molecular formula is C13H26O4S3. The third kappa shape index (κ3) is 12.1. The van der Waals surface area contributed by atoms with Gasteiger partial charge in [-0.2, -0.15) is 11.8 Å². The van der Waals surface area contributed by atoms with E-state index < -0.39 is 10.1 Å². The molecule has 1 rings (SSSR count). The van der Waals surface area contributed by atoms with Crippen molar-refractivity contribution >= 4 is 38.6 Å². The van der Waals surface area contributed by atoms with E-state index in [1.165, 1.54) is 23.0 Å². The number of unbranched alkanes of at least 4 members (excludes halogenated alkanes) is 1. The van der Waals surface area contributed by atoms with Crippen molar-refractivity contribution < 1.29 is 17.8 Å². The summed E-state index contributed by atoms with van der Waals surface area (Å²) in [4.78, 5) is 11.4. The molecule has 0 amide bonds. The Hall–Kier alpha value is 0.280. The summed E-state index contributed by atoms with van der Waals surface area (Å²) in [6.45, 7) is 5.85. The first-order valence-electron chi connectivity index (χ1n) is 6.94. The quantitative estimate of drug-likeness (QED) is 0.544. The normalized spacial score (nSPS) is 16.6. The van der Waals surface area contributed by atoms with E-state index in [0.717, 1.165) is 12.2 Å². The van der Waals surface area contributed by atoms with E-state index in [9.17, 15) is 17.8 Å². The first-order valence-corrected chi connectivity index (χ1v) is 11.4. The van der Waals surface area contributed by atoms with Crippen molar-refractivity contribution in [3.05, 3.63) is 0 Å². The Kier molecular flexibility index (Phi) is 11.1. The third-order valence-electron chi connectivity index (χ3n) is 2.77. The van der Waals surface area contributed by atoms with Gasteiger partial charge in [0.2, 0.25) is 0 Å². The lowest BCUT2D eigenvalue weighted by molar-refractivity contribution is -0.119. The van der Waals surface area contributed by atoms with Crippen molar-refractivity contribution in [1.29, 1.82) is 0 Å². The first kappa shape index (κ1) is 20.3. The summed E-state index contributed by atoms with van der Waals surface area (Å²) in [7, 11) is -3.50. The Morgan fingerprint density at radius 2 is 1.85 bits per heavy atom. The lowest BCUT2D eigenvalue weighted by atomic mass is 10.1. The predicted octanol–water partition coefficient (Wildman–Crippen LogP) is 1.91. The largest absolute Gasteiger partial charge is 0.748 e. The lowest BCUT2D eigenvalue weighted by Crippen LogP contribution is -2.29. The number of Topliss-reactive ketones (excluding diaryl/α,β-unsaturated/α-hetero) is 1.